The van der Waals surface area contributed by atoms with Crippen molar-refractivity contribution in [2.45, 2.75) is 38.3 Å². The van der Waals surface area contributed by atoms with Crippen molar-refractivity contribution < 1.29 is 4.74 Å². The van der Waals surface area contributed by atoms with E-state index in [1.54, 1.807) is 0 Å². The maximum atomic E-state index is 5.48. The van der Waals surface area contributed by atoms with E-state index in [1.807, 2.05) is 0 Å². The predicted molar refractivity (Wildman–Crippen MR) is 57.8 cm³/mol. The lowest BCUT2D eigenvalue weighted by Crippen LogP contribution is -2.35. The Balaban J connectivity index is 2.06. The van der Waals surface area contributed by atoms with E-state index < -0.39 is 0 Å². The first-order valence-corrected chi connectivity index (χ1v) is 5.22. The fraction of sp³-hybridized carbons (Fsp3) is 0.889. The highest BCUT2D eigenvalue weighted by Gasteiger charge is 2.15. The van der Waals surface area contributed by atoms with Crippen LogP contribution in [0.1, 0.15) is 26.2 Å². The molecule has 0 saturated carbocycles. The van der Waals surface area contributed by atoms with Crippen LogP contribution in [0, 0.1) is 0 Å². The van der Waals surface area contributed by atoms with Gasteiger partial charge in [0, 0.05) is 25.6 Å². The number of thiocarbonyl (C=S) groups is 1. The summed E-state index contributed by atoms with van der Waals surface area (Å²) in [6, 6.07) is 0.363. The van der Waals surface area contributed by atoms with Gasteiger partial charge in [0.15, 0.2) is 0 Å². The minimum atomic E-state index is 0.363. The summed E-state index contributed by atoms with van der Waals surface area (Å²) in [6.07, 6.45) is 3.53. The zero-order valence-electron chi connectivity index (χ0n) is 8.08. The quantitative estimate of drug-likeness (QED) is 0.648. The number of ether oxygens (including phenoxy) is 1. The Labute approximate surface area is 85.0 Å². The molecule has 1 saturated heterocycles. The summed E-state index contributed by atoms with van der Waals surface area (Å²) in [7, 11) is 0. The summed E-state index contributed by atoms with van der Waals surface area (Å²) in [5.41, 5.74) is 5.44. The van der Waals surface area contributed by atoms with E-state index in [0.29, 0.717) is 17.1 Å². The van der Waals surface area contributed by atoms with Crippen molar-refractivity contribution in [1.29, 1.82) is 0 Å². The fourth-order valence-electron chi connectivity index (χ4n) is 1.51. The molecule has 4 heteroatoms. The number of hydrogen-bond donors (Lipinski definition) is 2. The van der Waals surface area contributed by atoms with Crippen molar-refractivity contribution in [3.8, 4) is 0 Å². The summed E-state index contributed by atoms with van der Waals surface area (Å²) in [6.45, 7) is 3.92. The first kappa shape index (κ1) is 10.9. The lowest BCUT2D eigenvalue weighted by atomic mass is 10.2. The molecule has 1 aliphatic rings. The molecular formula is C9H18N2OS. The molecule has 13 heavy (non-hydrogen) atoms. The van der Waals surface area contributed by atoms with Gasteiger partial charge in [-0.05, 0) is 19.8 Å². The SMILES string of the molecule is CC(CC(N)=S)NCC1CCCO1. The van der Waals surface area contributed by atoms with Crippen molar-refractivity contribution in [1.82, 2.24) is 5.32 Å². The van der Waals surface area contributed by atoms with Crippen LogP contribution in [0.25, 0.3) is 0 Å². The topological polar surface area (TPSA) is 47.3 Å². The Morgan fingerprint density at radius 1 is 1.77 bits per heavy atom. The van der Waals surface area contributed by atoms with Gasteiger partial charge in [-0.25, -0.2) is 0 Å². The van der Waals surface area contributed by atoms with Crippen LogP contribution in [-0.2, 0) is 4.74 Å². The van der Waals surface area contributed by atoms with E-state index in [2.05, 4.69) is 12.2 Å². The predicted octanol–water partition coefficient (Wildman–Crippen LogP) is 0.820. The van der Waals surface area contributed by atoms with Crippen LogP contribution < -0.4 is 11.1 Å². The van der Waals surface area contributed by atoms with E-state index in [0.717, 1.165) is 19.6 Å². The molecule has 1 rings (SSSR count). The average Bonchev–Trinajstić information content (AvgIpc) is 2.51. The minimum Gasteiger partial charge on any atom is -0.393 e. The molecule has 2 unspecified atom stereocenters. The molecule has 0 aromatic heterocycles. The normalized spacial score (nSPS) is 24.5. The van der Waals surface area contributed by atoms with Gasteiger partial charge in [0.1, 0.15) is 0 Å². The van der Waals surface area contributed by atoms with Crippen LogP contribution in [0.3, 0.4) is 0 Å². The van der Waals surface area contributed by atoms with Gasteiger partial charge in [-0.3, -0.25) is 0 Å². The van der Waals surface area contributed by atoms with Crippen LogP contribution in [0.2, 0.25) is 0 Å². The molecule has 3 N–H and O–H groups in total. The van der Waals surface area contributed by atoms with Crippen molar-refractivity contribution in [3.63, 3.8) is 0 Å². The summed E-state index contributed by atoms with van der Waals surface area (Å²) < 4.78 is 5.48. The second-order valence-electron chi connectivity index (χ2n) is 3.61. The maximum absolute atomic E-state index is 5.48. The first-order chi connectivity index (χ1) is 6.18. The van der Waals surface area contributed by atoms with Gasteiger partial charge < -0.3 is 15.8 Å². The maximum Gasteiger partial charge on any atom is 0.0742 e. The van der Waals surface area contributed by atoms with Crippen LogP contribution in [0.4, 0.5) is 0 Å². The number of rotatable bonds is 5. The lowest BCUT2D eigenvalue weighted by molar-refractivity contribution is 0.108. The number of nitrogens with two attached hydrogens (primary N) is 1. The van der Waals surface area contributed by atoms with Crippen LogP contribution in [0.5, 0.6) is 0 Å². The monoisotopic (exact) mass is 202 g/mol. The number of hydrogen-bond acceptors (Lipinski definition) is 3. The zero-order valence-corrected chi connectivity index (χ0v) is 8.90. The van der Waals surface area contributed by atoms with Crippen molar-refractivity contribution in [2.24, 2.45) is 5.73 Å². The Morgan fingerprint density at radius 2 is 2.54 bits per heavy atom. The van der Waals surface area contributed by atoms with Crippen molar-refractivity contribution in [2.75, 3.05) is 13.2 Å². The van der Waals surface area contributed by atoms with Gasteiger partial charge in [-0.2, -0.15) is 0 Å². The Bertz CT molecular complexity index is 169. The Morgan fingerprint density at radius 3 is 3.08 bits per heavy atom. The highest BCUT2D eigenvalue weighted by molar-refractivity contribution is 7.80. The second-order valence-corrected chi connectivity index (χ2v) is 4.14. The molecule has 3 nitrogen and oxygen atoms in total. The van der Waals surface area contributed by atoms with Gasteiger partial charge in [0.25, 0.3) is 0 Å². The zero-order chi connectivity index (χ0) is 9.68. The van der Waals surface area contributed by atoms with Gasteiger partial charge in [-0.15, -0.1) is 0 Å². The fourth-order valence-corrected chi connectivity index (χ4v) is 1.76. The summed E-state index contributed by atoms with van der Waals surface area (Å²) >= 11 is 4.83. The van der Waals surface area contributed by atoms with Crippen LogP contribution >= 0.6 is 12.2 Å². The molecule has 1 aliphatic heterocycles. The Hall–Kier alpha value is -0.190. The molecule has 1 heterocycles. The molecule has 2 atom stereocenters. The summed E-state index contributed by atoms with van der Waals surface area (Å²) in [5, 5.41) is 3.36. The van der Waals surface area contributed by atoms with E-state index in [9.17, 15) is 0 Å². The standard InChI is InChI=1S/C9H18N2OS/c1-7(5-9(10)13)11-6-8-3-2-4-12-8/h7-8,11H,2-6H2,1H3,(H2,10,13). The molecule has 1 fully saturated rings. The second kappa shape index (κ2) is 5.52. The molecule has 76 valence electrons. The molecular weight excluding hydrogens is 184 g/mol. The van der Waals surface area contributed by atoms with Gasteiger partial charge >= 0.3 is 0 Å². The third kappa shape index (κ3) is 4.55. The molecule has 0 aliphatic carbocycles. The molecule has 0 bridgehead atoms. The number of nitrogens with one attached hydrogen (secondary N) is 1. The minimum absolute atomic E-state index is 0.363. The third-order valence-electron chi connectivity index (χ3n) is 2.23. The molecule has 0 spiro atoms. The van der Waals surface area contributed by atoms with Gasteiger partial charge in [0.2, 0.25) is 0 Å². The smallest absolute Gasteiger partial charge is 0.0742 e. The van der Waals surface area contributed by atoms with Crippen molar-refractivity contribution in [3.05, 3.63) is 0 Å². The summed E-state index contributed by atoms with van der Waals surface area (Å²) in [4.78, 5) is 0.576. The average molecular weight is 202 g/mol. The first-order valence-electron chi connectivity index (χ1n) is 4.82. The molecule has 0 radical (unpaired) electrons. The highest BCUT2D eigenvalue weighted by Crippen LogP contribution is 2.10. The van der Waals surface area contributed by atoms with Gasteiger partial charge in [-0.1, -0.05) is 12.2 Å². The van der Waals surface area contributed by atoms with E-state index >= 15 is 0 Å². The molecule has 0 amide bonds. The van der Waals surface area contributed by atoms with Crippen LogP contribution in [-0.4, -0.2) is 30.3 Å². The van der Waals surface area contributed by atoms with Crippen LogP contribution in [0.15, 0.2) is 0 Å². The lowest BCUT2D eigenvalue weighted by Gasteiger charge is -2.16. The molecule has 0 aromatic carbocycles. The van der Waals surface area contributed by atoms with E-state index in [-0.39, 0.29) is 0 Å². The third-order valence-corrected chi connectivity index (χ3v) is 2.39. The highest BCUT2D eigenvalue weighted by atomic mass is 32.1. The van der Waals surface area contributed by atoms with E-state index in [1.165, 1.54) is 12.8 Å². The van der Waals surface area contributed by atoms with E-state index in [4.69, 9.17) is 22.7 Å². The van der Waals surface area contributed by atoms with Crippen molar-refractivity contribution >= 4 is 17.2 Å². The largest absolute Gasteiger partial charge is 0.393 e. The summed E-state index contributed by atoms with van der Waals surface area (Å²) in [5.74, 6) is 0. The van der Waals surface area contributed by atoms with Gasteiger partial charge in [0.05, 0.1) is 11.1 Å². The molecule has 0 aromatic rings. The Kier molecular flexibility index (Phi) is 4.62.